The van der Waals surface area contributed by atoms with Crippen molar-refractivity contribution in [3.63, 3.8) is 0 Å². The van der Waals surface area contributed by atoms with Crippen LogP contribution in [0.1, 0.15) is 94.6 Å². The molecule has 0 aromatic heterocycles. The molecule has 2 heteroatoms. The maximum Gasteiger partial charge on any atom is 0.137 e. The number of ether oxygens (including phenoxy) is 1. The summed E-state index contributed by atoms with van der Waals surface area (Å²) >= 11 is 3.60. The molecule has 0 saturated heterocycles. The molecule has 0 saturated carbocycles. The van der Waals surface area contributed by atoms with Crippen molar-refractivity contribution in [1.82, 2.24) is 0 Å². The van der Waals surface area contributed by atoms with Gasteiger partial charge in [0, 0.05) is 6.61 Å². The molecule has 23 heavy (non-hydrogen) atoms. The van der Waals surface area contributed by atoms with Crippen molar-refractivity contribution in [3.05, 3.63) is 35.9 Å². The van der Waals surface area contributed by atoms with E-state index in [1.165, 1.54) is 82.6 Å². The monoisotopic (exact) mass is 382 g/mol. The molecule has 1 rings (SSSR count). The fourth-order valence-corrected chi connectivity index (χ4v) is 3.32. The van der Waals surface area contributed by atoms with E-state index in [0.29, 0.717) is 0 Å². The van der Waals surface area contributed by atoms with E-state index in [4.69, 9.17) is 4.74 Å². The maximum absolute atomic E-state index is 5.84. The predicted molar refractivity (Wildman–Crippen MR) is 105 cm³/mol. The van der Waals surface area contributed by atoms with Crippen LogP contribution in [0.15, 0.2) is 30.3 Å². The smallest absolute Gasteiger partial charge is 0.137 e. The fourth-order valence-electron chi connectivity index (χ4n) is 2.83. The first-order valence-corrected chi connectivity index (χ1v) is 10.6. The third-order valence-corrected chi connectivity index (χ3v) is 5.12. The Morgan fingerprint density at radius 1 is 0.739 bits per heavy atom. The Morgan fingerprint density at radius 2 is 1.22 bits per heavy atom. The first kappa shape index (κ1) is 20.7. The Hall–Kier alpha value is -0.340. The van der Waals surface area contributed by atoms with Gasteiger partial charge in [-0.05, 0) is 12.0 Å². The molecular weight excluding hydrogens is 348 g/mol. The van der Waals surface area contributed by atoms with Crippen LogP contribution in [0.2, 0.25) is 0 Å². The van der Waals surface area contributed by atoms with Gasteiger partial charge in [0.05, 0.1) is 0 Å². The van der Waals surface area contributed by atoms with Crippen molar-refractivity contribution in [2.75, 3.05) is 6.61 Å². The van der Waals surface area contributed by atoms with E-state index in [1.807, 2.05) is 6.07 Å². The highest BCUT2D eigenvalue weighted by molar-refractivity contribution is 9.09. The summed E-state index contributed by atoms with van der Waals surface area (Å²) in [6.07, 6.45) is 16.6. The average molecular weight is 383 g/mol. The number of alkyl halides is 1. The van der Waals surface area contributed by atoms with E-state index in [1.54, 1.807) is 0 Å². The summed E-state index contributed by atoms with van der Waals surface area (Å²) in [6, 6.07) is 10.3. The maximum atomic E-state index is 5.84. The normalized spacial score (nSPS) is 12.4. The molecule has 0 N–H and O–H groups in total. The van der Waals surface area contributed by atoms with Gasteiger partial charge in [0.25, 0.3) is 0 Å². The minimum Gasteiger partial charge on any atom is -0.362 e. The molecule has 132 valence electrons. The number of hydrogen-bond donors (Lipinski definition) is 0. The second-order valence-corrected chi connectivity index (χ2v) is 7.32. The van der Waals surface area contributed by atoms with Crippen LogP contribution in [0.3, 0.4) is 0 Å². The fraction of sp³-hybridized carbons (Fsp3) is 0.714. The molecular formula is C21H35BrO. The third-order valence-electron chi connectivity index (χ3n) is 4.32. The quantitative estimate of drug-likeness (QED) is 0.222. The number of benzene rings is 1. The zero-order chi connectivity index (χ0) is 16.6. The van der Waals surface area contributed by atoms with Crippen LogP contribution in [0.25, 0.3) is 0 Å². The van der Waals surface area contributed by atoms with Crippen LogP contribution < -0.4 is 0 Å². The lowest BCUT2D eigenvalue weighted by atomic mass is 10.1. The molecule has 0 amide bonds. The van der Waals surface area contributed by atoms with Crippen molar-refractivity contribution in [1.29, 1.82) is 0 Å². The van der Waals surface area contributed by atoms with Gasteiger partial charge in [-0.15, -0.1) is 0 Å². The predicted octanol–water partition coefficient (Wildman–Crippen LogP) is 7.80. The van der Waals surface area contributed by atoms with E-state index in [0.717, 1.165) is 6.61 Å². The summed E-state index contributed by atoms with van der Waals surface area (Å²) in [5, 5.41) is 0.0383. The SMILES string of the molecule is CCCCCCCCCCCCCCOC(Br)c1ccccc1. The average Bonchev–Trinajstić information content (AvgIpc) is 2.59. The first-order chi connectivity index (χ1) is 11.3. The number of halogens is 1. The molecule has 0 fully saturated rings. The van der Waals surface area contributed by atoms with E-state index < -0.39 is 0 Å². The molecule has 1 aromatic carbocycles. The second-order valence-electron chi connectivity index (χ2n) is 6.49. The molecule has 1 nitrogen and oxygen atoms in total. The molecule has 0 spiro atoms. The standard InChI is InChI=1S/C21H35BrO/c1-2-3-4-5-6-7-8-9-10-11-12-16-19-23-21(22)20-17-14-13-15-18-20/h13-15,17-18,21H,2-12,16,19H2,1H3. The highest BCUT2D eigenvalue weighted by Gasteiger charge is 2.05. The second kappa shape index (κ2) is 15.2. The van der Waals surface area contributed by atoms with Gasteiger partial charge in [-0.25, -0.2) is 0 Å². The number of rotatable bonds is 15. The summed E-state index contributed by atoms with van der Waals surface area (Å²) in [7, 11) is 0. The van der Waals surface area contributed by atoms with Crippen LogP contribution in [-0.2, 0) is 4.74 Å². The lowest BCUT2D eigenvalue weighted by Gasteiger charge is -2.11. The Morgan fingerprint density at radius 3 is 1.74 bits per heavy atom. The Bertz CT molecular complexity index is 352. The molecule has 0 aliphatic rings. The first-order valence-electron chi connectivity index (χ1n) is 9.65. The van der Waals surface area contributed by atoms with Crippen LogP contribution in [0.5, 0.6) is 0 Å². The largest absolute Gasteiger partial charge is 0.362 e. The summed E-state index contributed by atoms with van der Waals surface area (Å²) in [6.45, 7) is 3.13. The van der Waals surface area contributed by atoms with E-state index >= 15 is 0 Å². The molecule has 1 aromatic rings. The molecule has 0 radical (unpaired) electrons. The molecule has 1 atom stereocenters. The van der Waals surface area contributed by atoms with Gasteiger partial charge in [-0.3, -0.25) is 0 Å². The summed E-state index contributed by atoms with van der Waals surface area (Å²) in [5.41, 5.74) is 1.20. The summed E-state index contributed by atoms with van der Waals surface area (Å²) in [4.78, 5) is 0. The van der Waals surface area contributed by atoms with Crippen molar-refractivity contribution >= 4 is 15.9 Å². The lowest BCUT2D eigenvalue weighted by molar-refractivity contribution is 0.114. The van der Waals surface area contributed by atoms with Gasteiger partial charge >= 0.3 is 0 Å². The van der Waals surface area contributed by atoms with Crippen molar-refractivity contribution in [2.24, 2.45) is 0 Å². The molecule has 0 aliphatic heterocycles. The highest BCUT2D eigenvalue weighted by Crippen LogP contribution is 2.24. The van der Waals surface area contributed by atoms with E-state index in [-0.39, 0.29) is 5.01 Å². The topological polar surface area (TPSA) is 9.23 Å². The van der Waals surface area contributed by atoms with Crippen LogP contribution in [0.4, 0.5) is 0 Å². The molecule has 1 unspecified atom stereocenters. The van der Waals surface area contributed by atoms with E-state index in [2.05, 4.69) is 47.1 Å². The zero-order valence-electron chi connectivity index (χ0n) is 14.9. The molecule has 0 bridgehead atoms. The van der Waals surface area contributed by atoms with Gasteiger partial charge in [0.2, 0.25) is 0 Å². The van der Waals surface area contributed by atoms with Crippen LogP contribution in [0, 0.1) is 0 Å². The summed E-state index contributed by atoms with van der Waals surface area (Å²) in [5.74, 6) is 0. The Kier molecular flexibility index (Phi) is 13.7. The molecule has 0 heterocycles. The minimum absolute atomic E-state index is 0.0383. The van der Waals surface area contributed by atoms with Crippen LogP contribution in [-0.4, -0.2) is 6.61 Å². The van der Waals surface area contributed by atoms with E-state index in [9.17, 15) is 0 Å². The molecule has 0 aliphatic carbocycles. The Balaban J connectivity index is 1.81. The number of unbranched alkanes of at least 4 members (excludes halogenated alkanes) is 11. The van der Waals surface area contributed by atoms with Crippen molar-refractivity contribution in [3.8, 4) is 0 Å². The third kappa shape index (κ3) is 11.8. The minimum atomic E-state index is 0.0383. The van der Waals surface area contributed by atoms with Crippen molar-refractivity contribution in [2.45, 2.75) is 89.0 Å². The summed E-state index contributed by atoms with van der Waals surface area (Å²) < 4.78 is 5.84. The lowest BCUT2D eigenvalue weighted by Crippen LogP contribution is -1.98. The zero-order valence-corrected chi connectivity index (χ0v) is 16.5. The van der Waals surface area contributed by atoms with Crippen LogP contribution >= 0.6 is 15.9 Å². The van der Waals surface area contributed by atoms with Gasteiger partial charge in [-0.1, -0.05) is 124 Å². The van der Waals surface area contributed by atoms with Gasteiger partial charge < -0.3 is 4.74 Å². The number of hydrogen-bond acceptors (Lipinski definition) is 1. The van der Waals surface area contributed by atoms with Gasteiger partial charge in [0.1, 0.15) is 5.01 Å². The van der Waals surface area contributed by atoms with Crippen molar-refractivity contribution < 1.29 is 4.74 Å². The highest BCUT2D eigenvalue weighted by atomic mass is 79.9. The Labute approximate surface area is 152 Å². The van der Waals surface area contributed by atoms with Gasteiger partial charge in [0.15, 0.2) is 0 Å². The van der Waals surface area contributed by atoms with Gasteiger partial charge in [-0.2, -0.15) is 0 Å².